The number of pyridine rings is 1. The number of likely N-dealkylation sites (N-methyl/N-ethyl adjacent to an activating group) is 1. The zero-order valence-electron chi connectivity index (χ0n) is 29.6. The number of aryl methyl sites for hydroxylation is 1. The van der Waals surface area contributed by atoms with Gasteiger partial charge in [0.05, 0.1) is 29.2 Å². The molecule has 1 aliphatic heterocycles. The first-order valence-corrected chi connectivity index (χ1v) is 17.0. The Morgan fingerprint density at radius 2 is 1.57 bits per heavy atom. The highest BCUT2D eigenvalue weighted by atomic mass is 19.4. The molecule has 7 nitrogen and oxygen atoms in total. The summed E-state index contributed by atoms with van der Waals surface area (Å²) in [4.78, 5) is 29.9. The molecule has 1 fully saturated rings. The molecule has 0 radical (unpaired) electrons. The monoisotopic (exact) mass is 770 g/mol. The largest absolute Gasteiger partial charge is 0.511 e. The van der Waals surface area contributed by atoms with Crippen LogP contribution in [0.1, 0.15) is 29.5 Å². The first kappa shape index (κ1) is 40.6. The number of likely N-dealkylation sites (tertiary alicyclic amines) is 1. The second kappa shape index (κ2) is 14.9. The molecule has 1 unspecified atom stereocenters. The van der Waals surface area contributed by atoms with Crippen LogP contribution in [0, 0.1) is 5.41 Å². The minimum atomic E-state index is -5.15. The summed E-state index contributed by atoms with van der Waals surface area (Å²) in [6.07, 6.45) is -16.6. The third kappa shape index (κ3) is 8.23. The van der Waals surface area contributed by atoms with Crippen molar-refractivity contribution >= 4 is 27.6 Å². The lowest BCUT2D eigenvalue weighted by Gasteiger charge is -2.42. The van der Waals surface area contributed by atoms with E-state index in [-0.39, 0.29) is 39.2 Å². The van der Waals surface area contributed by atoms with E-state index in [1.54, 1.807) is 6.07 Å². The molecule has 1 saturated heterocycles. The number of amides is 1. The van der Waals surface area contributed by atoms with Crippen LogP contribution in [0.25, 0.3) is 32.8 Å². The van der Waals surface area contributed by atoms with Crippen molar-refractivity contribution in [1.82, 2.24) is 19.7 Å². The van der Waals surface area contributed by atoms with Gasteiger partial charge in [-0.2, -0.15) is 39.5 Å². The van der Waals surface area contributed by atoms with Gasteiger partial charge in [0.2, 0.25) is 5.91 Å². The van der Waals surface area contributed by atoms with E-state index in [4.69, 9.17) is 0 Å². The van der Waals surface area contributed by atoms with Crippen molar-refractivity contribution in [2.24, 2.45) is 12.5 Å². The summed E-state index contributed by atoms with van der Waals surface area (Å²) in [6.45, 7) is 1.22. The van der Waals surface area contributed by atoms with Gasteiger partial charge in [-0.3, -0.25) is 14.5 Å². The molecule has 2 heterocycles. The van der Waals surface area contributed by atoms with Crippen molar-refractivity contribution in [2.75, 3.05) is 40.3 Å². The highest BCUT2D eigenvalue weighted by molar-refractivity contribution is 6.01. The molecular weight excluding hydrogens is 731 g/mol. The van der Waals surface area contributed by atoms with E-state index in [9.17, 15) is 41.0 Å². The van der Waals surface area contributed by atoms with Crippen molar-refractivity contribution in [3.8, 4) is 11.1 Å². The number of halogens is 9. The number of hydrogen-bond acceptors (Lipinski definition) is 5. The molecule has 5 rings (SSSR count). The van der Waals surface area contributed by atoms with Crippen LogP contribution >= 0.6 is 0 Å². The minimum absolute atomic E-state index is 0.0621. The summed E-state index contributed by atoms with van der Waals surface area (Å²) in [5.74, 6) is -2.28. The first-order chi connectivity index (χ1) is 25.0. The molecule has 1 aliphatic rings. The number of nitrogens with one attached hydrogen (secondary N) is 1. The van der Waals surface area contributed by atoms with Crippen LogP contribution in [0.15, 0.2) is 71.7 Å². The summed E-state index contributed by atoms with van der Waals surface area (Å²) in [7, 11) is 5.04. The van der Waals surface area contributed by atoms with E-state index >= 15 is 13.2 Å². The Morgan fingerprint density at radius 1 is 0.944 bits per heavy atom. The lowest BCUT2D eigenvalue weighted by atomic mass is 9.76. The Balaban J connectivity index is 1.56. The molecule has 16 heteroatoms. The normalized spacial score (nSPS) is 16.2. The van der Waals surface area contributed by atoms with Gasteiger partial charge in [-0.15, -0.1) is 0 Å². The van der Waals surface area contributed by atoms with E-state index in [0.717, 1.165) is 9.47 Å². The maximum Gasteiger partial charge on any atom is 0.417 e. The van der Waals surface area contributed by atoms with E-state index in [1.165, 1.54) is 55.6 Å². The first-order valence-electron chi connectivity index (χ1n) is 17.0. The highest BCUT2D eigenvalue weighted by Crippen LogP contribution is 2.47. The maximum absolute atomic E-state index is 15.1. The Morgan fingerprint density at radius 3 is 2.15 bits per heavy atom. The maximum atomic E-state index is 15.1. The number of carbonyl (C=O) groups is 1. The average Bonchev–Trinajstić information content (AvgIpc) is 3.06. The fourth-order valence-corrected chi connectivity index (χ4v) is 7.17. The van der Waals surface area contributed by atoms with Gasteiger partial charge in [0.15, 0.2) is 0 Å². The van der Waals surface area contributed by atoms with Crippen LogP contribution in [0.5, 0.6) is 0 Å². The molecule has 0 bridgehead atoms. The molecule has 0 spiro atoms. The number of aromatic nitrogens is 1. The Bertz CT molecular complexity index is 2110. The molecular formula is C38H39F9N4O3. The summed E-state index contributed by atoms with van der Waals surface area (Å²) in [5.41, 5.74) is -4.77. The van der Waals surface area contributed by atoms with Crippen molar-refractivity contribution in [3.05, 3.63) is 94.0 Å². The smallest absolute Gasteiger partial charge is 0.417 e. The van der Waals surface area contributed by atoms with E-state index in [2.05, 4.69) is 11.9 Å². The lowest BCUT2D eigenvalue weighted by molar-refractivity contribution is -0.236. The van der Waals surface area contributed by atoms with Crippen molar-refractivity contribution in [1.29, 1.82) is 0 Å². The number of alkyl halides is 9. The molecule has 0 aliphatic carbocycles. The molecule has 4 aromatic rings. The van der Waals surface area contributed by atoms with E-state index in [1.807, 2.05) is 19.0 Å². The Kier molecular flexibility index (Phi) is 11.2. The standard InChI is InChI=1S/C38H39F9N4O3/c1-22(52)29(48-34(54)35(38(45,46)47)14-17-51(18-15-35)21-36(39,40)41)20-24-7-5-9-26-25(24)8-6-10-27(26)31-32(37(42,43)44)28-19-23(13-16-49(2)3)11-12-30(28)50(4)33(31)53/h5-12,19,29,52H,1,13-18,20-21H2,2-4H3,(H,48,54). The topological polar surface area (TPSA) is 77.8 Å². The predicted octanol–water partition coefficient (Wildman–Crippen LogP) is 7.79. The van der Waals surface area contributed by atoms with Crippen LogP contribution in [0.4, 0.5) is 39.5 Å². The number of aliphatic hydroxyl groups excluding tert-OH is 1. The number of piperidine rings is 1. The summed E-state index contributed by atoms with van der Waals surface area (Å²) >= 11 is 0. The Hall–Kier alpha value is -4.57. The van der Waals surface area contributed by atoms with Crippen LogP contribution in [0.3, 0.4) is 0 Å². The molecule has 0 saturated carbocycles. The highest BCUT2D eigenvalue weighted by Gasteiger charge is 2.61. The van der Waals surface area contributed by atoms with Crippen LogP contribution in [-0.2, 0) is 30.9 Å². The molecule has 1 atom stereocenters. The van der Waals surface area contributed by atoms with Crippen molar-refractivity contribution in [3.63, 3.8) is 0 Å². The minimum Gasteiger partial charge on any atom is -0.511 e. The number of rotatable bonds is 10. The SMILES string of the molecule is C=C(O)C(Cc1cccc2c(-c3c(C(F)(F)F)c4cc(CCN(C)C)ccc4n(C)c3=O)cccc12)NC(=O)C1(C(F)(F)F)CCN(CC(F)(F)F)CC1. The van der Waals surface area contributed by atoms with Gasteiger partial charge < -0.3 is 19.9 Å². The van der Waals surface area contributed by atoms with Crippen molar-refractivity contribution < 1.29 is 49.4 Å². The van der Waals surface area contributed by atoms with Gasteiger partial charge in [-0.25, -0.2) is 0 Å². The fraction of sp³-hybridized carbons (Fsp3) is 0.421. The Labute approximate surface area is 304 Å². The van der Waals surface area contributed by atoms with Gasteiger partial charge in [0, 0.05) is 25.4 Å². The van der Waals surface area contributed by atoms with E-state index < -0.39 is 90.8 Å². The molecule has 292 valence electrons. The molecule has 1 aromatic heterocycles. The second-order valence-electron chi connectivity index (χ2n) is 14.0. The fourth-order valence-electron chi connectivity index (χ4n) is 7.17. The lowest BCUT2D eigenvalue weighted by Crippen LogP contribution is -2.58. The third-order valence-electron chi connectivity index (χ3n) is 10.1. The molecule has 1 amide bonds. The van der Waals surface area contributed by atoms with Gasteiger partial charge in [-0.05, 0) is 86.0 Å². The number of benzene rings is 3. The summed E-state index contributed by atoms with van der Waals surface area (Å²) < 4.78 is 129. The quantitative estimate of drug-likeness (QED) is 0.127. The number of carbonyl (C=O) groups excluding carboxylic acids is 1. The third-order valence-corrected chi connectivity index (χ3v) is 10.1. The average molecular weight is 771 g/mol. The number of aliphatic hydroxyl groups is 1. The molecule has 3 aromatic carbocycles. The van der Waals surface area contributed by atoms with Gasteiger partial charge in [0.1, 0.15) is 11.2 Å². The van der Waals surface area contributed by atoms with Gasteiger partial charge in [0.25, 0.3) is 5.56 Å². The van der Waals surface area contributed by atoms with Crippen molar-refractivity contribution in [2.45, 2.75) is 50.3 Å². The zero-order chi connectivity index (χ0) is 40.0. The number of fused-ring (bicyclic) bond motifs is 2. The summed E-state index contributed by atoms with van der Waals surface area (Å²) in [6, 6.07) is 11.8. The van der Waals surface area contributed by atoms with Crippen LogP contribution in [-0.4, -0.2) is 84.0 Å². The van der Waals surface area contributed by atoms with Gasteiger partial charge in [-0.1, -0.05) is 49.0 Å². The predicted molar refractivity (Wildman–Crippen MR) is 187 cm³/mol. The molecule has 2 N–H and O–H groups in total. The van der Waals surface area contributed by atoms with Gasteiger partial charge >= 0.3 is 18.5 Å². The molecule has 54 heavy (non-hydrogen) atoms. The van der Waals surface area contributed by atoms with Crippen LogP contribution < -0.4 is 10.9 Å². The number of hydrogen-bond donors (Lipinski definition) is 2. The van der Waals surface area contributed by atoms with E-state index in [0.29, 0.717) is 18.5 Å². The zero-order valence-corrected chi connectivity index (χ0v) is 29.6. The second-order valence-corrected chi connectivity index (χ2v) is 14.0. The summed E-state index contributed by atoms with van der Waals surface area (Å²) in [5, 5.41) is 13.0. The van der Waals surface area contributed by atoms with Crippen LogP contribution in [0.2, 0.25) is 0 Å². The number of nitrogens with zero attached hydrogens (tertiary/aromatic N) is 3.